The minimum atomic E-state index is -4.07. The van der Waals surface area contributed by atoms with Crippen LogP contribution in [0.15, 0.2) is 45.9 Å². The van der Waals surface area contributed by atoms with E-state index in [4.69, 9.17) is 32.7 Å². The van der Waals surface area contributed by atoms with Crippen LogP contribution in [-0.4, -0.2) is 19.5 Å². The Morgan fingerprint density at radius 3 is 2.59 bits per heavy atom. The van der Waals surface area contributed by atoms with Gasteiger partial charge in [0, 0.05) is 0 Å². The molecule has 1 unspecified atom stereocenters. The van der Waals surface area contributed by atoms with Gasteiger partial charge in [-0.25, -0.2) is 8.42 Å². The molecule has 0 spiro atoms. The van der Waals surface area contributed by atoms with Crippen molar-refractivity contribution in [3.8, 4) is 0 Å². The van der Waals surface area contributed by atoms with Gasteiger partial charge in [0.1, 0.15) is 10.7 Å². The summed E-state index contributed by atoms with van der Waals surface area (Å²) in [6, 6.07) is 6.11. The summed E-state index contributed by atoms with van der Waals surface area (Å²) >= 11 is 11.7. The monoisotopic (exact) mass is 363 g/mol. The third-order valence-corrected chi connectivity index (χ3v) is 5.21. The van der Waals surface area contributed by atoms with Crippen molar-refractivity contribution in [2.45, 2.75) is 17.4 Å². The molecule has 0 fully saturated rings. The number of benzene rings is 1. The van der Waals surface area contributed by atoms with Crippen molar-refractivity contribution in [3.63, 3.8) is 0 Å². The number of nitrogens with one attached hydrogen (secondary N) is 1. The first-order chi connectivity index (χ1) is 10.3. The summed E-state index contributed by atoms with van der Waals surface area (Å²) in [5, 5.41) is 8.87. The van der Waals surface area contributed by atoms with Crippen molar-refractivity contribution in [2.75, 3.05) is 0 Å². The summed E-state index contributed by atoms with van der Waals surface area (Å²) in [4.78, 5) is 10.7. The summed E-state index contributed by atoms with van der Waals surface area (Å²) in [6.45, 7) is 0. The minimum absolute atomic E-state index is 0.0809. The number of furan rings is 1. The molecule has 9 heteroatoms. The lowest BCUT2D eigenvalue weighted by Crippen LogP contribution is -2.30. The number of halogens is 2. The lowest BCUT2D eigenvalue weighted by atomic mass is 10.2. The van der Waals surface area contributed by atoms with Gasteiger partial charge in [-0.15, -0.1) is 0 Å². The molecule has 2 aromatic rings. The highest BCUT2D eigenvalue weighted by atomic mass is 35.5. The Hall–Kier alpha value is -1.54. The summed E-state index contributed by atoms with van der Waals surface area (Å²) in [6.07, 6.45) is 0.843. The molecule has 0 saturated carbocycles. The zero-order valence-electron chi connectivity index (χ0n) is 11.0. The van der Waals surface area contributed by atoms with E-state index in [0.717, 1.165) is 0 Å². The Morgan fingerprint density at radius 2 is 2.00 bits per heavy atom. The third kappa shape index (κ3) is 3.80. The van der Waals surface area contributed by atoms with Crippen LogP contribution in [0.5, 0.6) is 0 Å². The number of carboxylic acids is 1. The number of hydrogen-bond acceptors (Lipinski definition) is 4. The van der Waals surface area contributed by atoms with Crippen molar-refractivity contribution in [1.82, 2.24) is 4.72 Å². The molecule has 0 aliphatic heterocycles. The van der Waals surface area contributed by atoms with Crippen molar-refractivity contribution < 1.29 is 22.7 Å². The van der Waals surface area contributed by atoms with E-state index in [-0.39, 0.29) is 20.7 Å². The standard InChI is InChI=1S/C13H11Cl2NO5S/c14-8-3-1-5-11(13(8)15)22(19,20)16-9(7-12(17)18)10-4-2-6-21-10/h1-6,9,16H,7H2,(H,17,18). The number of hydrogen-bond donors (Lipinski definition) is 2. The van der Waals surface area contributed by atoms with Crippen LogP contribution in [0, 0.1) is 0 Å². The fraction of sp³-hybridized carbons (Fsp3) is 0.154. The van der Waals surface area contributed by atoms with Gasteiger partial charge in [-0.05, 0) is 24.3 Å². The van der Waals surface area contributed by atoms with E-state index in [1.54, 1.807) is 0 Å². The van der Waals surface area contributed by atoms with Crippen LogP contribution in [-0.2, 0) is 14.8 Å². The summed E-state index contributed by atoms with van der Waals surface area (Å²) < 4.78 is 32.2. The first-order valence-electron chi connectivity index (χ1n) is 6.03. The fourth-order valence-electron chi connectivity index (χ4n) is 1.81. The van der Waals surface area contributed by atoms with Crippen LogP contribution in [0.1, 0.15) is 18.2 Å². The maximum atomic E-state index is 12.4. The van der Waals surface area contributed by atoms with Crippen molar-refractivity contribution in [1.29, 1.82) is 0 Å². The number of carboxylic acid groups (broad SMARTS) is 1. The summed E-state index contributed by atoms with van der Waals surface area (Å²) in [7, 11) is -4.07. The maximum absolute atomic E-state index is 12.4. The van der Waals surface area contributed by atoms with E-state index in [1.165, 1.54) is 36.6 Å². The largest absolute Gasteiger partial charge is 0.481 e. The van der Waals surface area contributed by atoms with Crippen molar-refractivity contribution >= 4 is 39.2 Å². The molecule has 1 aromatic heterocycles. The van der Waals surface area contributed by atoms with Gasteiger partial charge in [0.15, 0.2) is 0 Å². The second kappa shape index (κ2) is 6.70. The Labute approximate surface area is 136 Å². The van der Waals surface area contributed by atoms with Crippen LogP contribution < -0.4 is 4.72 Å². The van der Waals surface area contributed by atoms with Crippen LogP contribution in [0.3, 0.4) is 0 Å². The van der Waals surface area contributed by atoms with Gasteiger partial charge in [-0.2, -0.15) is 4.72 Å². The smallest absolute Gasteiger partial charge is 0.305 e. The van der Waals surface area contributed by atoms with Gasteiger partial charge in [0.25, 0.3) is 0 Å². The summed E-state index contributed by atoms with van der Waals surface area (Å²) in [5.74, 6) is -0.995. The van der Waals surface area contributed by atoms with Crippen LogP contribution in [0.25, 0.3) is 0 Å². The zero-order chi connectivity index (χ0) is 16.3. The van der Waals surface area contributed by atoms with Crippen LogP contribution in [0.2, 0.25) is 10.0 Å². The van der Waals surface area contributed by atoms with E-state index in [0.29, 0.717) is 0 Å². The van der Waals surface area contributed by atoms with Gasteiger partial charge >= 0.3 is 5.97 Å². The molecular weight excluding hydrogens is 353 g/mol. The highest BCUT2D eigenvalue weighted by Gasteiger charge is 2.27. The Kier molecular flexibility index (Phi) is 5.12. The van der Waals surface area contributed by atoms with Gasteiger partial charge in [-0.3, -0.25) is 4.79 Å². The number of aliphatic carboxylic acids is 1. The van der Waals surface area contributed by atoms with Crippen LogP contribution in [0.4, 0.5) is 0 Å². The zero-order valence-corrected chi connectivity index (χ0v) is 13.3. The Balaban J connectivity index is 2.36. The van der Waals surface area contributed by atoms with Crippen LogP contribution >= 0.6 is 23.2 Å². The lowest BCUT2D eigenvalue weighted by molar-refractivity contribution is -0.137. The fourth-order valence-corrected chi connectivity index (χ4v) is 3.77. The first kappa shape index (κ1) is 16.8. The first-order valence-corrected chi connectivity index (χ1v) is 8.26. The van der Waals surface area contributed by atoms with E-state index < -0.39 is 28.5 Å². The average Bonchev–Trinajstić information content (AvgIpc) is 2.94. The van der Waals surface area contributed by atoms with Gasteiger partial charge in [0.05, 0.1) is 28.8 Å². The SMILES string of the molecule is O=C(O)CC(NS(=O)(=O)c1cccc(Cl)c1Cl)c1ccco1. The van der Waals surface area contributed by atoms with E-state index in [9.17, 15) is 13.2 Å². The molecule has 118 valence electrons. The molecule has 0 saturated heterocycles. The topological polar surface area (TPSA) is 96.6 Å². The highest BCUT2D eigenvalue weighted by molar-refractivity contribution is 7.89. The molecule has 0 aliphatic carbocycles. The predicted molar refractivity (Wildman–Crippen MR) is 80.5 cm³/mol. The molecule has 6 nitrogen and oxygen atoms in total. The second-order valence-electron chi connectivity index (χ2n) is 4.34. The van der Waals surface area contributed by atoms with Gasteiger partial charge in [0.2, 0.25) is 10.0 Å². The molecule has 0 bridgehead atoms. The number of sulfonamides is 1. The Morgan fingerprint density at radius 1 is 1.27 bits per heavy atom. The Bertz CT molecular complexity index is 774. The van der Waals surface area contributed by atoms with E-state index in [2.05, 4.69) is 4.72 Å². The number of rotatable bonds is 6. The average molecular weight is 364 g/mol. The third-order valence-electron chi connectivity index (χ3n) is 2.77. The molecule has 2 rings (SSSR count). The molecule has 2 N–H and O–H groups in total. The maximum Gasteiger partial charge on any atom is 0.305 e. The van der Waals surface area contributed by atoms with Crippen molar-refractivity contribution in [3.05, 3.63) is 52.4 Å². The summed E-state index contributed by atoms with van der Waals surface area (Å²) in [5.41, 5.74) is 0. The normalized spacial score (nSPS) is 13.0. The molecule has 1 aromatic carbocycles. The highest BCUT2D eigenvalue weighted by Crippen LogP contribution is 2.30. The minimum Gasteiger partial charge on any atom is -0.481 e. The quantitative estimate of drug-likeness (QED) is 0.821. The lowest BCUT2D eigenvalue weighted by Gasteiger charge is -2.16. The van der Waals surface area contributed by atoms with Gasteiger partial charge < -0.3 is 9.52 Å². The predicted octanol–water partition coefficient (Wildman–Crippen LogP) is 3.08. The van der Waals surface area contributed by atoms with Crippen molar-refractivity contribution in [2.24, 2.45) is 0 Å². The number of carbonyl (C=O) groups is 1. The molecule has 0 aliphatic rings. The molecule has 1 atom stereocenters. The molecule has 1 heterocycles. The molecule has 22 heavy (non-hydrogen) atoms. The molecule has 0 amide bonds. The van der Waals surface area contributed by atoms with E-state index >= 15 is 0 Å². The van der Waals surface area contributed by atoms with E-state index in [1.807, 2.05) is 0 Å². The molecule has 0 radical (unpaired) electrons. The molecular formula is C13H11Cl2NO5S. The second-order valence-corrected chi connectivity index (χ2v) is 6.81. The van der Waals surface area contributed by atoms with Gasteiger partial charge in [-0.1, -0.05) is 29.3 Å².